The lowest BCUT2D eigenvalue weighted by Gasteiger charge is -2.13. The van der Waals surface area contributed by atoms with Gasteiger partial charge in [0.15, 0.2) is 22.7 Å². The Morgan fingerprint density at radius 2 is 2.00 bits per heavy atom. The molecule has 0 fully saturated rings. The number of ether oxygens (including phenoxy) is 3. The van der Waals surface area contributed by atoms with Gasteiger partial charge in [-0.05, 0) is 25.1 Å². The summed E-state index contributed by atoms with van der Waals surface area (Å²) < 4.78 is 17.2. The van der Waals surface area contributed by atoms with Gasteiger partial charge in [-0.1, -0.05) is 18.2 Å². The van der Waals surface area contributed by atoms with Crippen molar-refractivity contribution in [1.29, 1.82) is 0 Å². The zero-order chi connectivity index (χ0) is 22.2. The van der Waals surface area contributed by atoms with Crippen molar-refractivity contribution >= 4 is 23.2 Å². The van der Waals surface area contributed by atoms with Gasteiger partial charge in [0, 0.05) is 6.54 Å². The van der Waals surface area contributed by atoms with Crippen molar-refractivity contribution in [2.75, 3.05) is 13.7 Å². The van der Waals surface area contributed by atoms with Crippen molar-refractivity contribution in [1.82, 2.24) is 24.8 Å². The molecule has 0 saturated heterocycles. The lowest BCUT2D eigenvalue weighted by Crippen LogP contribution is -2.40. The number of carbonyl (C=O) groups is 2. The molecular formula is C20H21N5O6. The van der Waals surface area contributed by atoms with E-state index in [1.54, 1.807) is 34.9 Å². The number of esters is 1. The lowest BCUT2D eigenvalue weighted by atomic mass is 10.3. The summed E-state index contributed by atoms with van der Waals surface area (Å²) in [7, 11) is 1.23. The minimum atomic E-state index is -0.849. The summed E-state index contributed by atoms with van der Waals surface area (Å²) in [6.07, 6.45) is 5.66. The quantitative estimate of drug-likeness (QED) is 0.407. The number of carbonyl (C=O) groups excluding carboxylic acids is 2. The minimum absolute atomic E-state index is 0.203. The van der Waals surface area contributed by atoms with Gasteiger partial charge in [0.05, 0.1) is 19.8 Å². The van der Waals surface area contributed by atoms with Gasteiger partial charge < -0.3 is 29.1 Å². The summed E-state index contributed by atoms with van der Waals surface area (Å²) in [6, 6.07) is 5.80. The van der Waals surface area contributed by atoms with Gasteiger partial charge in [-0.15, -0.1) is 0 Å². The van der Waals surface area contributed by atoms with Crippen LogP contribution >= 0.6 is 0 Å². The summed E-state index contributed by atoms with van der Waals surface area (Å²) in [5, 5.41) is 2.37. The van der Waals surface area contributed by atoms with Crippen molar-refractivity contribution in [2.45, 2.75) is 19.5 Å². The van der Waals surface area contributed by atoms with Crippen LogP contribution in [-0.2, 0) is 16.1 Å². The number of para-hydroxylation sites is 2. The number of nitrogens with zero attached hydrogens (tertiary/aromatic N) is 3. The van der Waals surface area contributed by atoms with Crippen LogP contribution in [0.15, 0.2) is 53.9 Å². The van der Waals surface area contributed by atoms with Crippen LogP contribution in [0.2, 0.25) is 0 Å². The molecule has 1 unspecified atom stereocenters. The smallest absolute Gasteiger partial charge is 0.413 e. The van der Waals surface area contributed by atoms with E-state index >= 15 is 0 Å². The number of methoxy groups -OCH3 is 1. The first-order valence-electron chi connectivity index (χ1n) is 9.31. The molecule has 1 atom stereocenters. The Labute approximate surface area is 176 Å². The highest BCUT2D eigenvalue weighted by Gasteiger charge is 2.18. The molecule has 162 valence electrons. The van der Waals surface area contributed by atoms with E-state index in [2.05, 4.69) is 25.0 Å². The third kappa shape index (κ3) is 5.47. The predicted molar refractivity (Wildman–Crippen MR) is 110 cm³/mol. The molecule has 11 nitrogen and oxygen atoms in total. The second kappa shape index (κ2) is 10.1. The molecule has 0 saturated carbocycles. The van der Waals surface area contributed by atoms with Gasteiger partial charge in [-0.25, -0.2) is 19.6 Å². The number of aromatic nitrogens is 4. The van der Waals surface area contributed by atoms with Crippen molar-refractivity contribution < 1.29 is 23.8 Å². The molecule has 2 aromatic heterocycles. The number of rotatable bonds is 8. The van der Waals surface area contributed by atoms with Gasteiger partial charge in [-0.2, -0.15) is 0 Å². The number of hydrogen-bond donors (Lipinski definition) is 2. The number of amides is 1. The van der Waals surface area contributed by atoms with E-state index in [1.807, 2.05) is 6.08 Å². The summed E-state index contributed by atoms with van der Waals surface area (Å²) in [4.78, 5) is 45.7. The van der Waals surface area contributed by atoms with Gasteiger partial charge >= 0.3 is 12.1 Å². The molecule has 2 N–H and O–H groups in total. The zero-order valence-electron chi connectivity index (χ0n) is 16.9. The first-order valence-corrected chi connectivity index (χ1v) is 9.31. The maximum atomic E-state index is 12.0. The number of fused-ring (bicyclic) bond motifs is 1. The highest BCUT2D eigenvalue weighted by molar-refractivity contribution is 5.81. The number of aromatic amines is 1. The zero-order valence-corrected chi connectivity index (χ0v) is 16.9. The third-order valence-electron chi connectivity index (χ3n) is 4.15. The lowest BCUT2D eigenvalue weighted by molar-refractivity contribution is -0.142. The number of imidazole rings is 1. The van der Waals surface area contributed by atoms with Crippen LogP contribution < -0.4 is 20.3 Å². The predicted octanol–water partition coefficient (Wildman–Crippen LogP) is 1.40. The molecule has 2 heterocycles. The Hall–Kier alpha value is -4.15. The molecule has 0 aliphatic heterocycles. The van der Waals surface area contributed by atoms with E-state index < -0.39 is 18.1 Å². The molecule has 11 heteroatoms. The van der Waals surface area contributed by atoms with Crippen LogP contribution in [0.4, 0.5) is 4.79 Å². The second-order valence-corrected chi connectivity index (χ2v) is 6.31. The molecule has 3 aromatic rings. The monoisotopic (exact) mass is 427 g/mol. The van der Waals surface area contributed by atoms with E-state index in [0.29, 0.717) is 17.9 Å². The Kier molecular flexibility index (Phi) is 6.99. The molecule has 3 rings (SSSR count). The molecule has 1 aromatic carbocycles. The van der Waals surface area contributed by atoms with Gasteiger partial charge in [-0.3, -0.25) is 4.79 Å². The van der Waals surface area contributed by atoms with Crippen LogP contribution in [0.5, 0.6) is 11.5 Å². The van der Waals surface area contributed by atoms with Crippen LogP contribution in [0, 0.1) is 0 Å². The second-order valence-electron chi connectivity index (χ2n) is 6.31. The summed E-state index contributed by atoms with van der Waals surface area (Å²) in [5.41, 5.74) is 0.468. The van der Waals surface area contributed by atoms with E-state index in [-0.39, 0.29) is 23.4 Å². The van der Waals surface area contributed by atoms with E-state index in [1.165, 1.54) is 26.7 Å². The van der Waals surface area contributed by atoms with Crippen LogP contribution in [0.1, 0.15) is 6.92 Å². The Morgan fingerprint density at radius 1 is 1.23 bits per heavy atom. The van der Waals surface area contributed by atoms with Crippen LogP contribution in [0.25, 0.3) is 11.2 Å². The third-order valence-corrected chi connectivity index (χ3v) is 4.15. The molecule has 0 radical (unpaired) electrons. The van der Waals surface area contributed by atoms with Crippen molar-refractivity contribution in [3.63, 3.8) is 0 Å². The average molecular weight is 427 g/mol. The Bertz CT molecular complexity index is 1150. The molecule has 31 heavy (non-hydrogen) atoms. The SMILES string of the molecule is COC(=O)C(C)NC(=O)Oc1ccccc1OCC=CCn1cnc2c(=O)[nH]cnc21. The number of H-pyrrole nitrogens is 1. The van der Waals surface area contributed by atoms with Crippen molar-refractivity contribution in [3.05, 3.63) is 59.4 Å². The summed E-state index contributed by atoms with van der Waals surface area (Å²) in [5.74, 6) is -0.0269. The van der Waals surface area contributed by atoms with Crippen molar-refractivity contribution in [3.8, 4) is 11.5 Å². The summed E-state index contributed by atoms with van der Waals surface area (Å²) >= 11 is 0. The normalized spacial score (nSPS) is 11.9. The van der Waals surface area contributed by atoms with Crippen molar-refractivity contribution in [2.24, 2.45) is 0 Å². The number of benzene rings is 1. The highest BCUT2D eigenvalue weighted by Crippen LogP contribution is 2.26. The molecule has 0 aliphatic carbocycles. The Balaban J connectivity index is 1.55. The fourth-order valence-electron chi connectivity index (χ4n) is 2.61. The largest absolute Gasteiger partial charge is 0.486 e. The molecule has 0 bridgehead atoms. The number of hydrogen-bond acceptors (Lipinski definition) is 8. The molecule has 0 spiro atoms. The van der Waals surface area contributed by atoms with E-state index in [9.17, 15) is 14.4 Å². The fraction of sp³-hybridized carbons (Fsp3) is 0.250. The van der Waals surface area contributed by atoms with Gasteiger partial charge in [0.1, 0.15) is 12.6 Å². The molecular weight excluding hydrogens is 406 g/mol. The fourth-order valence-corrected chi connectivity index (χ4v) is 2.61. The summed E-state index contributed by atoms with van der Waals surface area (Å²) in [6.45, 7) is 2.14. The van der Waals surface area contributed by atoms with Gasteiger partial charge in [0.25, 0.3) is 5.56 Å². The minimum Gasteiger partial charge on any atom is -0.486 e. The standard InChI is InChI=1S/C20H21N5O6/c1-13(19(27)29-2)24-20(28)31-15-8-4-3-7-14(15)30-10-6-5-9-25-12-23-16-17(25)21-11-22-18(16)26/h3-8,11-13H,9-10H2,1-2H3,(H,24,28)(H,21,22,26). The van der Waals surface area contributed by atoms with Crippen LogP contribution in [-0.4, -0.2) is 51.3 Å². The first-order chi connectivity index (χ1) is 15.0. The van der Waals surface area contributed by atoms with Gasteiger partial charge in [0.2, 0.25) is 0 Å². The van der Waals surface area contributed by atoms with E-state index in [4.69, 9.17) is 9.47 Å². The molecule has 1 amide bonds. The maximum absolute atomic E-state index is 12.0. The topological polar surface area (TPSA) is 137 Å². The first kappa shape index (κ1) is 21.6. The Morgan fingerprint density at radius 3 is 2.77 bits per heavy atom. The molecule has 0 aliphatic rings. The maximum Gasteiger partial charge on any atom is 0.413 e. The van der Waals surface area contributed by atoms with Crippen LogP contribution in [0.3, 0.4) is 0 Å². The average Bonchev–Trinajstić information content (AvgIpc) is 3.18. The highest BCUT2D eigenvalue weighted by atomic mass is 16.6. The van der Waals surface area contributed by atoms with E-state index in [0.717, 1.165) is 0 Å². The number of allylic oxidation sites excluding steroid dienone is 1. The number of nitrogens with one attached hydrogen (secondary N) is 2.